The molecule has 0 aliphatic heterocycles. The van der Waals surface area contributed by atoms with Gasteiger partial charge >= 0.3 is 5.84 Å². The molecule has 1 atom stereocenters. The molecule has 0 saturated heterocycles. The Hall–Kier alpha value is -3.25. The van der Waals surface area contributed by atoms with Gasteiger partial charge in [-0.2, -0.15) is 4.98 Å². The lowest BCUT2D eigenvalue weighted by Crippen LogP contribution is -2.12. The standard InChI is InChI=1S/C21H14N2O3S/c1-27(25)19-9-5-3-6-14(19)13-10-11-17-16(12-13)22-21-23(17)20(24)15-7-2-4-8-18(15)26-21/h2-12H,1H3. The van der Waals surface area contributed by atoms with Crippen LogP contribution in [-0.4, -0.2) is 19.8 Å². The topological polar surface area (TPSA) is 64.6 Å². The molecular weight excluding hydrogens is 360 g/mol. The van der Waals surface area contributed by atoms with Crippen molar-refractivity contribution in [1.29, 1.82) is 0 Å². The quantitative estimate of drug-likeness (QED) is 0.468. The van der Waals surface area contributed by atoms with Gasteiger partial charge in [-0.1, -0.05) is 36.4 Å². The van der Waals surface area contributed by atoms with E-state index < -0.39 is 10.8 Å². The molecule has 27 heavy (non-hydrogen) atoms. The van der Waals surface area contributed by atoms with E-state index in [4.69, 9.17) is 4.42 Å². The van der Waals surface area contributed by atoms with Gasteiger partial charge in [0, 0.05) is 11.2 Å². The Morgan fingerprint density at radius 1 is 1.00 bits per heavy atom. The maximum Gasteiger partial charge on any atom is 0.310 e. The van der Waals surface area contributed by atoms with Gasteiger partial charge in [0.05, 0.1) is 27.2 Å². The molecule has 0 bridgehead atoms. The Morgan fingerprint density at radius 3 is 2.63 bits per heavy atom. The van der Waals surface area contributed by atoms with Gasteiger partial charge in [0.1, 0.15) is 5.58 Å². The van der Waals surface area contributed by atoms with Gasteiger partial charge in [0.2, 0.25) is 0 Å². The van der Waals surface area contributed by atoms with Crippen LogP contribution in [-0.2, 0) is 10.8 Å². The van der Waals surface area contributed by atoms with Crippen LogP contribution in [0.15, 0.2) is 80.8 Å². The van der Waals surface area contributed by atoms with E-state index in [1.54, 1.807) is 18.4 Å². The largest absolute Gasteiger partial charge is 0.424 e. The van der Waals surface area contributed by atoms with Crippen molar-refractivity contribution in [2.75, 3.05) is 6.26 Å². The Bertz CT molecular complexity index is 1430. The van der Waals surface area contributed by atoms with Crippen LogP contribution < -0.4 is 5.56 Å². The minimum atomic E-state index is -1.10. The summed E-state index contributed by atoms with van der Waals surface area (Å²) in [6.45, 7) is 0. The summed E-state index contributed by atoms with van der Waals surface area (Å²) in [5.41, 5.74) is 3.48. The normalized spacial score (nSPS) is 12.8. The van der Waals surface area contributed by atoms with Crippen molar-refractivity contribution in [3.8, 4) is 11.1 Å². The molecule has 0 saturated carbocycles. The molecule has 1 unspecified atom stereocenters. The average molecular weight is 374 g/mol. The van der Waals surface area contributed by atoms with E-state index in [0.29, 0.717) is 22.0 Å². The molecule has 2 aromatic heterocycles. The predicted octanol–water partition coefficient (Wildman–Crippen LogP) is 4.00. The zero-order valence-electron chi connectivity index (χ0n) is 14.4. The number of hydrogen-bond donors (Lipinski definition) is 0. The number of imidazole rings is 1. The van der Waals surface area contributed by atoms with Crippen LogP contribution in [0.1, 0.15) is 0 Å². The minimum Gasteiger partial charge on any atom is -0.424 e. The van der Waals surface area contributed by atoms with Crippen molar-refractivity contribution in [1.82, 2.24) is 9.38 Å². The number of fused-ring (bicyclic) bond motifs is 4. The number of nitrogens with zero attached hydrogens (tertiary/aromatic N) is 2. The molecule has 2 heterocycles. The van der Waals surface area contributed by atoms with Gasteiger partial charge in [-0.15, -0.1) is 0 Å². The molecule has 5 aromatic rings. The molecule has 132 valence electrons. The van der Waals surface area contributed by atoms with Gasteiger partial charge in [-0.25, -0.2) is 4.40 Å². The molecule has 0 aliphatic carbocycles. The van der Waals surface area contributed by atoms with Gasteiger partial charge < -0.3 is 4.42 Å². The van der Waals surface area contributed by atoms with Crippen LogP contribution >= 0.6 is 0 Å². The maximum absolute atomic E-state index is 12.9. The summed E-state index contributed by atoms with van der Waals surface area (Å²) >= 11 is 0. The highest BCUT2D eigenvalue weighted by Crippen LogP contribution is 2.29. The van der Waals surface area contributed by atoms with Crippen LogP contribution in [0.3, 0.4) is 0 Å². The zero-order chi connectivity index (χ0) is 18.5. The fourth-order valence-electron chi connectivity index (χ4n) is 3.40. The molecule has 6 heteroatoms. The van der Waals surface area contributed by atoms with Crippen molar-refractivity contribution in [3.63, 3.8) is 0 Å². The first-order valence-electron chi connectivity index (χ1n) is 8.40. The summed E-state index contributed by atoms with van der Waals surface area (Å²) < 4.78 is 19.4. The lowest BCUT2D eigenvalue weighted by atomic mass is 10.1. The van der Waals surface area contributed by atoms with Crippen LogP contribution in [0.25, 0.3) is 39.0 Å². The maximum atomic E-state index is 12.9. The van der Waals surface area contributed by atoms with Gasteiger partial charge in [0.15, 0.2) is 0 Å². The number of benzene rings is 3. The summed E-state index contributed by atoms with van der Waals surface area (Å²) in [5, 5.41) is 0.514. The average Bonchev–Trinajstić information content (AvgIpc) is 3.05. The fourth-order valence-corrected chi connectivity index (χ4v) is 4.16. The molecule has 5 rings (SSSR count). The highest BCUT2D eigenvalue weighted by Gasteiger charge is 2.14. The smallest absolute Gasteiger partial charge is 0.310 e. The Morgan fingerprint density at radius 2 is 1.78 bits per heavy atom. The summed E-state index contributed by atoms with van der Waals surface area (Å²) in [6.07, 6.45) is 1.66. The van der Waals surface area contributed by atoms with E-state index in [9.17, 15) is 9.00 Å². The first-order valence-corrected chi connectivity index (χ1v) is 9.96. The van der Waals surface area contributed by atoms with Crippen LogP contribution in [0.2, 0.25) is 0 Å². The van der Waals surface area contributed by atoms with Crippen molar-refractivity contribution >= 4 is 38.6 Å². The lowest BCUT2D eigenvalue weighted by molar-refractivity contribution is 0.616. The molecule has 0 N–H and O–H groups in total. The van der Waals surface area contributed by atoms with Gasteiger partial charge in [-0.3, -0.25) is 9.00 Å². The highest BCUT2D eigenvalue weighted by molar-refractivity contribution is 7.84. The molecule has 0 amide bonds. The second kappa shape index (κ2) is 5.89. The summed E-state index contributed by atoms with van der Waals surface area (Å²) in [4.78, 5) is 18.2. The summed E-state index contributed by atoms with van der Waals surface area (Å²) in [7, 11) is -1.10. The molecule has 0 radical (unpaired) electrons. The Balaban J connectivity index is 1.82. The lowest BCUT2D eigenvalue weighted by Gasteiger charge is -2.07. The Kier molecular flexibility index (Phi) is 3.48. The third-order valence-electron chi connectivity index (χ3n) is 4.65. The van der Waals surface area contributed by atoms with Crippen molar-refractivity contribution in [3.05, 3.63) is 77.1 Å². The third kappa shape index (κ3) is 2.41. The first-order chi connectivity index (χ1) is 13.1. The minimum absolute atomic E-state index is 0.155. The van der Waals surface area contributed by atoms with E-state index in [1.807, 2.05) is 54.6 Å². The number of aromatic nitrogens is 2. The fraction of sp³-hybridized carbons (Fsp3) is 0.0476. The van der Waals surface area contributed by atoms with E-state index in [-0.39, 0.29) is 11.4 Å². The second-order valence-corrected chi connectivity index (χ2v) is 7.64. The molecule has 0 fully saturated rings. The number of rotatable bonds is 2. The van der Waals surface area contributed by atoms with E-state index in [1.165, 1.54) is 4.40 Å². The SMILES string of the molecule is CS(=O)c1ccccc1-c1ccc2c(c1)nc1oc3ccccc3c(=O)n12. The Labute approximate surface area is 156 Å². The van der Waals surface area contributed by atoms with E-state index >= 15 is 0 Å². The van der Waals surface area contributed by atoms with Crippen molar-refractivity contribution in [2.24, 2.45) is 0 Å². The number of para-hydroxylation sites is 1. The van der Waals surface area contributed by atoms with Crippen molar-refractivity contribution in [2.45, 2.75) is 4.90 Å². The summed E-state index contributed by atoms with van der Waals surface area (Å²) in [5.74, 6) is 0.262. The first kappa shape index (κ1) is 16.0. The van der Waals surface area contributed by atoms with Crippen LogP contribution in [0, 0.1) is 0 Å². The van der Waals surface area contributed by atoms with Crippen LogP contribution in [0.4, 0.5) is 0 Å². The van der Waals surface area contributed by atoms with Gasteiger partial charge in [-0.05, 0) is 41.5 Å². The molecule has 0 spiro atoms. The predicted molar refractivity (Wildman–Crippen MR) is 107 cm³/mol. The molecule has 0 aliphatic rings. The highest BCUT2D eigenvalue weighted by atomic mass is 32.2. The molecular formula is C21H14N2O3S. The van der Waals surface area contributed by atoms with E-state index in [0.717, 1.165) is 16.0 Å². The molecule has 5 nitrogen and oxygen atoms in total. The zero-order valence-corrected chi connectivity index (χ0v) is 15.2. The third-order valence-corrected chi connectivity index (χ3v) is 5.63. The monoisotopic (exact) mass is 374 g/mol. The van der Waals surface area contributed by atoms with Gasteiger partial charge in [0.25, 0.3) is 5.56 Å². The number of hydrogen-bond acceptors (Lipinski definition) is 4. The van der Waals surface area contributed by atoms with Crippen molar-refractivity contribution < 1.29 is 8.63 Å². The molecule has 3 aromatic carbocycles. The van der Waals surface area contributed by atoms with E-state index in [2.05, 4.69) is 4.98 Å². The second-order valence-electron chi connectivity index (χ2n) is 6.29. The van der Waals surface area contributed by atoms with Crippen LogP contribution in [0.5, 0.6) is 0 Å². The summed E-state index contributed by atoms with van der Waals surface area (Å²) in [6, 6.07) is 20.4.